The van der Waals surface area contributed by atoms with Crippen molar-refractivity contribution in [3.8, 4) is 0 Å². The van der Waals surface area contributed by atoms with E-state index in [1.165, 1.54) is 11.1 Å². The monoisotopic (exact) mass is 275 g/mol. The number of pyridine rings is 1. The highest BCUT2D eigenvalue weighted by Gasteiger charge is 2.34. The first-order valence-electron chi connectivity index (χ1n) is 6.27. The molecule has 19 heavy (non-hydrogen) atoms. The molecule has 0 amide bonds. The summed E-state index contributed by atoms with van der Waals surface area (Å²) in [6.07, 6.45) is 3.02. The van der Waals surface area contributed by atoms with E-state index in [0.29, 0.717) is 12.0 Å². The third-order valence-electron chi connectivity index (χ3n) is 3.34. The molecule has 3 N–H and O–H groups in total. The molecule has 4 heteroatoms. The molecule has 0 unspecified atom stereocenters. The molecule has 0 spiro atoms. The molecule has 0 saturated heterocycles. The number of hydrogen-bond donors (Lipinski definition) is 2. The standard InChI is InChI=1S/C15H17N3.ClH/c1-10-3-2-4-12(7-10)18-15-6-5-11(9-17-15)13-8-14(13)16;/h2-7,9,13-14H,8,16H2,1H3,(H,17,18);1H/t13-,14+;/m0./s1. The molecule has 0 aliphatic heterocycles. The van der Waals surface area contributed by atoms with Gasteiger partial charge in [0, 0.05) is 23.8 Å². The van der Waals surface area contributed by atoms with Gasteiger partial charge >= 0.3 is 0 Å². The van der Waals surface area contributed by atoms with Crippen LogP contribution >= 0.6 is 12.4 Å². The topological polar surface area (TPSA) is 50.9 Å². The number of aryl methyl sites for hydroxylation is 1. The number of aromatic nitrogens is 1. The van der Waals surface area contributed by atoms with Gasteiger partial charge in [0.2, 0.25) is 0 Å². The summed E-state index contributed by atoms with van der Waals surface area (Å²) in [5.41, 5.74) is 9.39. The van der Waals surface area contributed by atoms with E-state index in [2.05, 4.69) is 35.4 Å². The molecule has 1 aliphatic rings. The summed E-state index contributed by atoms with van der Waals surface area (Å²) in [6, 6.07) is 12.7. The van der Waals surface area contributed by atoms with Crippen LogP contribution in [0, 0.1) is 6.92 Å². The quantitative estimate of drug-likeness (QED) is 0.903. The fourth-order valence-electron chi connectivity index (χ4n) is 2.17. The lowest BCUT2D eigenvalue weighted by atomic mass is 10.2. The number of nitrogens with one attached hydrogen (secondary N) is 1. The van der Waals surface area contributed by atoms with Gasteiger partial charge in [0.25, 0.3) is 0 Å². The van der Waals surface area contributed by atoms with Crippen molar-refractivity contribution in [2.24, 2.45) is 5.73 Å². The third-order valence-corrected chi connectivity index (χ3v) is 3.34. The highest BCUT2D eigenvalue weighted by molar-refractivity contribution is 5.85. The number of nitrogens with two attached hydrogens (primary N) is 1. The Balaban J connectivity index is 0.00000133. The van der Waals surface area contributed by atoms with E-state index in [1.807, 2.05) is 24.4 Å². The summed E-state index contributed by atoms with van der Waals surface area (Å²) in [7, 11) is 0. The first-order valence-corrected chi connectivity index (χ1v) is 6.27. The van der Waals surface area contributed by atoms with Crippen LogP contribution in [0.3, 0.4) is 0 Å². The van der Waals surface area contributed by atoms with Gasteiger partial charge in [-0.15, -0.1) is 12.4 Å². The van der Waals surface area contributed by atoms with Gasteiger partial charge in [-0.2, -0.15) is 0 Å². The SMILES string of the molecule is Cc1cccc(Nc2ccc([C@@H]3C[C@H]3N)cn2)c1.Cl. The normalized spacial score (nSPS) is 20.5. The van der Waals surface area contributed by atoms with Crippen LogP contribution in [-0.2, 0) is 0 Å². The minimum atomic E-state index is 0. The van der Waals surface area contributed by atoms with Gasteiger partial charge in [0.05, 0.1) is 0 Å². The van der Waals surface area contributed by atoms with E-state index in [9.17, 15) is 0 Å². The lowest BCUT2D eigenvalue weighted by Gasteiger charge is -2.07. The van der Waals surface area contributed by atoms with E-state index >= 15 is 0 Å². The fraction of sp³-hybridized carbons (Fsp3) is 0.267. The van der Waals surface area contributed by atoms with Crippen molar-refractivity contribution in [1.29, 1.82) is 0 Å². The van der Waals surface area contributed by atoms with Gasteiger partial charge in [-0.1, -0.05) is 18.2 Å². The number of anilines is 2. The van der Waals surface area contributed by atoms with Gasteiger partial charge in [0.15, 0.2) is 0 Å². The molecule has 1 aromatic carbocycles. The molecule has 3 rings (SSSR count). The zero-order valence-corrected chi connectivity index (χ0v) is 11.7. The van der Waals surface area contributed by atoms with Crippen molar-refractivity contribution in [1.82, 2.24) is 4.98 Å². The van der Waals surface area contributed by atoms with Crippen LogP contribution < -0.4 is 11.1 Å². The number of benzene rings is 1. The van der Waals surface area contributed by atoms with Crippen molar-refractivity contribution >= 4 is 23.9 Å². The average molecular weight is 276 g/mol. The molecular formula is C15H18ClN3. The van der Waals surface area contributed by atoms with Crippen LogP contribution in [0.25, 0.3) is 0 Å². The molecule has 100 valence electrons. The molecule has 2 aromatic rings. The maximum absolute atomic E-state index is 5.83. The first kappa shape index (κ1) is 13.8. The van der Waals surface area contributed by atoms with Crippen molar-refractivity contribution in [3.05, 3.63) is 53.7 Å². The highest BCUT2D eigenvalue weighted by Crippen LogP contribution is 2.38. The second-order valence-corrected chi connectivity index (χ2v) is 4.98. The predicted molar refractivity (Wildman–Crippen MR) is 81.3 cm³/mol. The summed E-state index contributed by atoms with van der Waals surface area (Å²) in [5, 5.41) is 3.30. The second kappa shape index (κ2) is 5.59. The molecule has 3 nitrogen and oxygen atoms in total. The summed E-state index contributed by atoms with van der Waals surface area (Å²) in [4.78, 5) is 4.43. The Kier molecular flexibility index (Phi) is 4.08. The molecule has 1 aromatic heterocycles. The summed E-state index contributed by atoms with van der Waals surface area (Å²) in [6.45, 7) is 2.08. The Hall–Kier alpha value is -1.58. The van der Waals surface area contributed by atoms with Gasteiger partial charge in [0.1, 0.15) is 5.82 Å². The van der Waals surface area contributed by atoms with Crippen LogP contribution in [0.1, 0.15) is 23.5 Å². The van der Waals surface area contributed by atoms with Gasteiger partial charge in [-0.25, -0.2) is 4.98 Å². The Morgan fingerprint density at radius 3 is 2.63 bits per heavy atom. The maximum atomic E-state index is 5.83. The van der Waals surface area contributed by atoms with Crippen molar-refractivity contribution in [2.45, 2.75) is 25.3 Å². The van der Waals surface area contributed by atoms with Gasteiger partial charge < -0.3 is 11.1 Å². The van der Waals surface area contributed by atoms with Crippen LogP contribution in [-0.4, -0.2) is 11.0 Å². The highest BCUT2D eigenvalue weighted by atomic mass is 35.5. The lowest BCUT2D eigenvalue weighted by molar-refractivity contribution is 0.981. The minimum Gasteiger partial charge on any atom is -0.340 e. The van der Waals surface area contributed by atoms with E-state index in [4.69, 9.17) is 5.73 Å². The maximum Gasteiger partial charge on any atom is 0.130 e. The lowest BCUT2D eigenvalue weighted by Crippen LogP contribution is -2.01. The first-order chi connectivity index (χ1) is 8.72. The number of halogens is 1. The fourth-order valence-corrected chi connectivity index (χ4v) is 2.17. The van der Waals surface area contributed by atoms with E-state index < -0.39 is 0 Å². The summed E-state index contributed by atoms with van der Waals surface area (Å²) in [5.74, 6) is 1.39. The molecule has 2 atom stereocenters. The van der Waals surface area contributed by atoms with E-state index in [1.54, 1.807) is 0 Å². The van der Waals surface area contributed by atoms with Crippen LogP contribution in [0.4, 0.5) is 11.5 Å². The average Bonchev–Trinajstić information content (AvgIpc) is 3.07. The minimum absolute atomic E-state index is 0. The number of rotatable bonds is 3. The molecule has 0 radical (unpaired) electrons. The van der Waals surface area contributed by atoms with Crippen molar-refractivity contribution in [2.75, 3.05) is 5.32 Å². The molecule has 1 saturated carbocycles. The molecular weight excluding hydrogens is 258 g/mol. The Morgan fingerprint density at radius 1 is 1.26 bits per heavy atom. The van der Waals surface area contributed by atoms with Crippen molar-refractivity contribution in [3.63, 3.8) is 0 Å². The van der Waals surface area contributed by atoms with Crippen LogP contribution in [0.15, 0.2) is 42.6 Å². The van der Waals surface area contributed by atoms with E-state index in [0.717, 1.165) is 17.9 Å². The van der Waals surface area contributed by atoms with Crippen LogP contribution in [0.5, 0.6) is 0 Å². The van der Waals surface area contributed by atoms with Gasteiger partial charge in [-0.3, -0.25) is 0 Å². The number of nitrogens with zero attached hydrogens (tertiary/aromatic N) is 1. The van der Waals surface area contributed by atoms with Crippen molar-refractivity contribution < 1.29 is 0 Å². The summed E-state index contributed by atoms with van der Waals surface area (Å²) < 4.78 is 0. The predicted octanol–water partition coefficient (Wildman–Crippen LogP) is 3.37. The van der Waals surface area contributed by atoms with Gasteiger partial charge in [-0.05, 0) is 42.7 Å². The Morgan fingerprint density at radius 2 is 2.05 bits per heavy atom. The molecule has 1 aliphatic carbocycles. The molecule has 1 heterocycles. The Bertz CT molecular complexity index is 554. The third kappa shape index (κ3) is 3.25. The summed E-state index contributed by atoms with van der Waals surface area (Å²) >= 11 is 0. The van der Waals surface area contributed by atoms with Crippen LogP contribution in [0.2, 0.25) is 0 Å². The smallest absolute Gasteiger partial charge is 0.130 e. The largest absolute Gasteiger partial charge is 0.340 e. The molecule has 0 bridgehead atoms. The molecule has 1 fully saturated rings. The Labute approximate surface area is 119 Å². The zero-order chi connectivity index (χ0) is 12.5. The zero-order valence-electron chi connectivity index (χ0n) is 10.8. The van der Waals surface area contributed by atoms with E-state index in [-0.39, 0.29) is 12.4 Å². The second-order valence-electron chi connectivity index (χ2n) is 4.98. The number of hydrogen-bond acceptors (Lipinski definition) is 3.